The molecule has 0 saturated carbocycles. The first-order valence-electron chi connectivity index (χ1n) is 8.84. The van der Waals surface area contributed by atoms with Gasteiger partial charge in [-0.3, -0.25) is 4.98 Å². The van der Waals surface area contributed by atoms with Crippen LogP contribution in [0.5, 0.6) is 0 Å². The fourth-order valence-corrected chi connectivity index (χ4v) is 2.87. The van der Waals surface area contributed by atoms with Gasteiger partial charge in [-0.25, -0.2) is 0 Å². The summed E-state index contributed by atoms with van der Waals surface area (Å²) in [6, 6.07) is 4.08. The smallest absolute Gasteiger partial charge is 0.139 e. The van der Waals surface area contributed by atoms with Gasteiger partial charge < -0.3 is 28.4 Å². The van der Waals surface area contributed by atoms with Crippen molar-refractivity contribution < 1.29 is 10.1 Å². The van der Waals surface area contributed by atoms with Gasteiger partial charge in [-0.2, -0.15) is 10.5 Å². The number of nitrogens with two attached hydrogens (primary N) is 2. The van der Waals surface area contributed by atoms with Gasteiger partial charge in [0.25, 0.3) is 0 Å². The number of nitriles is 2. The third-order valence-corrected chi connectivity index (χ3v) is 4.28. The zero-order chi connectivity index (χ0) is 18.5. The second-order valence-electron chi connectivity index (χ2n) is 5.90. The van der Waals surface area contributed by atoms with Crippen LogP contribution in [0.4, 0.5) is 5.82 Å². The van der Waals surface area contributed by atoms with Gasteiger partial charge >= 0.3 is 0 Å². The van der Waals surface area contributed by atoms with E-state index >= 15 is 0 Å². The first-order valence-corrected chi connectivity index (χ1v) is 9.25. The Morgan fingerprint density at radius 1 is 1.12 bits per heavy atom. The zero-order valence-electron chi connectivity index (χ0n) is 14.9. The van der Waals surface area contributed by atoms with Crippen LogP contribution in [-0.2, 0) is 23.8 Å². The van der Waals surface area contributed by atoms with Crippen molar-refractivity contribution in [1.29, 1.82) is 10.5 Å². The Labute approximate surface area is 155 Å². The molecule has 1 aliphatic heterocycles. The lowest BCUT2D eigenvalue weighted by Gasteiger charge is -2.15. The van der Waals surface area contributed by atoms with E-state index in [4.69, 9.17) is 33.6 Å². The van der Waals surface area contributed by atoms with E-state index in [1.807, 2.05) is 12.1 Å². The molecule has 0 amide bonds. The van der Waals surface area contributed by atoms with Crippen molar-refractivity contribution in [2.45, 2.75) is 50.5 Å². The highest BCUT2D eigenvalue weighted by molar-refractivity contribution is 7.58. The maximum absolute atomic E-state index is 9.14. The number of morpholine rings is 1. The standard InChI is InChI=1S/C14H18N4S.C4H9NO/c1-2-3-4-5-6-7-10-11(8-15)13(17)18-14(19)12(10)9-16;1-3-6-4-2-5-1/h2-7H2,1H3,(H3,17,18,19);5H,1-4H2. The van der Waals surface area contributed by atoms with Crippen LogP contribution >= 0.6 is 0 Å². The molecule has 1 aliphatic rings. The highest BCUT2D eigenvalue weighted by Gasteiger charge is 2.13. The second-order valence-corrected chi connectivity index (χ2v) is 6.28. The second kappa shape index (κ2) is 12.4. The van der Waals surface area contributed by atoms with E-state index < -0.39 is 0 Å². The van der Waals surface area contributed by atoms with Crippen molar-refractivity contribution in [3.8, 4) is 12.1 Å². The Morgan fingerprint density at radius 3 is 2.24 bits per heavy atom. The van der Waals surface area contributed by atoms with Gasteiger partial charge in [0.1, 0.15) is 11.9 Å². The third-order valence-electron chi connectivity index (χ3n) is 3.98. The summed E-state index contributed by atoms with van der Waals surface area (Å²) in [6.07, 6.45) is 6.24. The van der Waals surface area contributed by atoms with Crippen LogP contribution in [-0.4, -0.2) is 31.3 Å². The molecule has 6 nitrogen and oxygen atoms in total. The summed E-state index contributed by atoms with van der Waals surface area (Å²) in [5.74, 6) is 0.134. The first kappa shape index (κ1) is 21.1. The van der Waals surface area contributed by atoms with E-state index in [0.29, 0.717) is 23.1 Å². The van der Waals surface area contributed by atoms with Crippen LogP contribution in [0.2, 0.25) is 0 Å². The van der Waals surface area contributed by atoms with Crippen LogP contribution in [0.3, 0.4) is 0 Å². The molecule has 0 atom stereocenters. The van der Waals surface area contributed by atoms with Gasteiger partial charge in [0, 0.05) is 0 Å². The van der Waals surface area contributed by atoms with Crippen LogP contribution in [0, 0.1) is 22.7 Å². The van der Waals surface area contributed by atoms with E-state index in [2.05, 4.69) is 17.2 Å². The Bertz CT molecular complexity index is 568. The minimum absolute atomic E-state index is 0.134. The molecule has 0 radical (unpaired) electrons. The molecule has 1 aromatic heterocycles. The van der Waals surface area contributed by atoms with Crippen LogP contribution in [0.1, 0.15) is 55.7 Å². The predicted octanol–water partition coefficient (Wildman–Crippen LogP) is 1.41. The Hall–Kier alpha value is -1.93. The zero-order valence-corrected chi connectivity index (χ0v) is 15.7. The number of hydrogen-bond acceptors (Lipinski definition) is 6. The van der Waals surface area contributed by atoms with Gasteiger partial charge in [-0.05, 0) is 18.4 Å². The summed E-state index contributed by atoms with van der Waals surface area (Å²) in [7, 11) is 0. The lowest BCUT2D eigenvalue weighted by Crippen LogP contribution is -2.87. The van der Waals surface area contributed by atoms with Gasteiger partial charge in [0.15, 0.2) is 0 Å². The minimum Gasteiger partial charge on any atom is -0.759 e. The lowest BCUT2D eigenvalue weighted by molar-refractivity contribution is -0.670. The van der Waals surface area contributed by atoms with E-state index in [1.165, 1.54) is 19.3 Å². The van der Waals surface area contributed by atoms with E-state index in [-0.39, 0.29) is 10.8 Å². The van der Waals surface area contributed by atoms with Crippen LogP contribution in [0.25, 0.3) is 0 Å². The van der Waals surface area contributed by atoms with Crippen molar-refractivity contribution in [1.82, 2.24) is 4.98 Å². The summed E-state index contributed by atoms with van der Waals surface area (Å²) < 4.78 is 5.04. The van der Waals surface area contributed by atoms with Crippen molar-refractivity contribution in [2.75, 3.05) is 32.0 Å². The summed E-state index contributed by atoms with van der Waals surface area (Å²) in [5, 5.41) is 20.7. The summed E-state index contributed by atoms with van der Waals surface area (Å²) in [4.78, 5) is 3.88. The Morgan fingerprint density at radius 2 is 1.76 bits per heavy atom. The highest BCUT2D eigenvalue weighted by atomic mass is 32.1. The molecule has 25 heavy (non-hydrogen) atoms. The van der Waals surface area contributed by atoms with Crippen molar-refractivity contribution in [3.63, 3.8) is 0 Å². The molecule has 1 aromatic rings. The van der Waals surface area contributed by atoms with Crippen molar-refractivity contribution in [2.24, 2.45) is 0 Å². The molecular weight excluding hydrogens is 334 g/mol. The number of hydrogen-bond donors (Lipinski definition) is 2. The molecule has 0 bridgehead atoms. The van der Waals surface area contributed by atoms with E-state index in [9.17, 15) is 0 Å². The van der Waals surface area contributed by atoms with Crippen LogP contribution < -0.4 is 11.1 Å². The maximum atomic E-state index is 9.14. The number of pyridine rings is 1. The number of ether oxygens (including phenoxy) is 1. The molecule has 2 heterocycles. The number of nitrogens with zero attached hydrogens (tertiary/aromatic N) is 3. The monoisotopic (exact) mass is 361 g/mol. The van der Waals surface area contributed by atoms with Crippen LogP contribution in [0.15, 0.2) is 5.03 Å². The molecule has 1 saturated heterocycles. The van der Waals surface area contributed by atoms with E-state index in [0.717, 1.165) is 39.1 Å². The predicted molar refractivity (Wildman–Crippen MR) is 98.7 cm³/mol. The van der Waals surface area contributed by atoms with Gasteiger partial charge in [-0.15, -0.1) is 0 Å². The van der Waals surface area contributed by atoms with Gasteiger partial charge in [0.05, 0.1) is 43.5 Å². The first-order chi connectivity index (χ1) is 12.2. The Balaban J connectivity index is 0.000000435. The normalized spacial score (nSPS) is 13.2. The third kappa shape index (κ3) is 7.23. The Kier molecular flexibility index (Phi) is 10.5. The highest BCUT2D eigenvalue weighted by Crippen LogP contribution is 2.23. The lowest BCUT2D eigenvalue weighted by atomic mass is 9.98. The SMILES string of the molecule is C1COCC[NH2+]1.CCCCCCCc1c(C#N)c(N)nc([S-])c1C#N. The fraction of sp³-hybridized carbons (Fsp3) is 0.611. The number of anilines is 1. The molecule has 2 rings (SSSR count). The van der Waals surface area contributed by atoms with Crippen molar-refractivity contribution in [3.05, 3.63) is 16.7 Å². The molecule has 136 valence electrons. The average molecular weight is 362 g/mol. The minimum atomic E-state index is 0.134. The maximum Gasteiger partial charge on any atom is 0.139 e. The topological polar surface area (TPSA) is 112 Å². The number of quaternary nitrogens is 1. The molecule has 0 aliphatic carbocycles. The quantitative estimate of drug-likeness (QED) is 0.585. The van der Waals surface area contributed by atoms with Crippen molar-refractivity contribution >= 4 is 18.4 Å². The fourth-order valence-electron chi connectivity index (χ4n) is 2.60. The molecule has 0 aromatic carbocycles. The number of rotatable bonds is 6. The molecule has 7 heteroatoms. The molecule has 4 N–H and O–H groups in total. The molecule has 0 unspecified atom stereocenters. The summed E-state index contributed by atoms with van der Waals surface area (Å²) in [6.45, 7) is 6.36. The van der Waals surface area contributed by atoms with E-state index in [1.54, 1.807) is 0 Å². The number of aromatic nitrogens is 1. The average Bonchev–Trinajstić information content (AvgIpc) is 2.63. The molecular formula is C18H27N5OS. The largest absolute Gasteiger partial charge is 0.759 e. The molecule has 1 fully saturated rings. The summed E-state index contributed by atoms with van der Waals surface area (Å²) in [5.41, 5.74) is 7.00. The number of unbranched alkanes of at least 4 members (excludes halogenated alkanes) is 4. The van der Waals surface area contributed by atoms with Gasteiger partial charge in [-0.1, -0.05) is 37.6 Å². The molecule has 0 spiro atoms. The van der Waals surface area contributed by atoms with Gasteiger partial charge in [0.2, 0.25) is 0 Å². The summed E-state index contributed by atoms with van der Waals surface area (Å²) >= 11 is 5.03. The number of nitrogen functional groups attached to an aromatic ring is 1.